The van der Waals surface area contributed by atoms with Gasteiger partial charge >= 0.3 is 11.9 Å². The zero-order valence-electron chi connectivity index (χ0n) is 34.2. The van der Waals surface area contributed by atoms with Crippen molar-refractivity contribution in [2.45, 2.75) is 50.7 Å². The van der Waals surface area contributed by atoms with Gasteiger partial charge < -0.3 is 20.9 Å². The fraction of sp³-hybridized carbons (Fsp3) is 0.216. The Morgan fingerprint density at radius 1 is 0.508 bits per heavy atom. The first-order chi connectivity index (χ1) is 29.7. The van der Waals surface area contributed by atoms with Gasteiger partial charge in [0.1, 0.15) is 23.2 Å². The van der Waals surface area contributed by atoms with E-state index in [9.17, 15) is 9.59 Å². The minimum atomic E-state index is -0.402. The molecule has 61 heavy (non-hydrogen) atoms. The van der Waals surface area contributed by atoms with E-state index < -0.39 is 11.9 Å². The third kappa shape index (κ3) is 11.7. The van der Waals surface area contributed by atoms with Gasteiger partial charge in [-0.2, -0.15) is 0 Å². The van der Waals surface area contributed by atoms with Crippen molar-refractivity contribution in [2.75, 3.05) is 19.6 Å². The van der Waals surface area contributed by atoms with Gasteiger partial charge in [0.2, 0.25) is 0 Å². The summed E-state index contributed by atoms with van der Waals surface area (Å²) in [6.07, 6.45) is 4.73. The van der Waals surface area contributed by atoms with Gasteiger partial charge in [-0.1, -0.05) is 84.9 Å². The molecule has 10 heteroatoms. The number of amidine groups is 2. The molecular formula is C51H52N6O4. The molecule has 0 aliphatic carbocycles. The Labute approximate surface area is 357 Å². The number of benzene rings is 6. The predicted octanol–water partition coefficient (Wildman–Crippen LogP) is 9.10. The second-order valence-electron chi connectivity index (χ2n) is 15.5. The number of nitrogens with one attached hydrogen (secondary N) is 2. The van der Waals surface area contributed by atoms with Crippen LogP contribution in [0.25, 0.3) is 0 Å². The first-order valence-corrected chi connectivity index (χ1v) is 20.8. The maximum atomic E-state index is 12.4. The van der Waals surface area contributed by atoms with Crippen LogP contribution in [0, 0.1) is 10.8 Å². The number of likely N-dealkylation sites (tertiary alicyclic amines) is 2. The Kier molecular flexibility index (Phi) is 14.1. The number of esters is 2. The van der Waals surface area contributed by atoms with Crippen molar-refractivity contribution in [1.29, 1.82) is 10.8 Å². The standard InChI is InChI=1S/C26H27N3O2.C25H25N3O2/c27-25(28)22-10-12-24(13-11-22)31-26(30)23-8-6-19(7-9-23)18-29-16-14-21(15-17-29)20-4-2-1-3-5-20;26-24(27)20-12-14-22(15-13-20)30-25(29)21-10-8-18(9-11-21)17-28-16-4-7-23(28)19-5-2-1-3-6-19/h1-13,21H,14-18H2,(H3,27,28);1-3,5-6,8-15,23H,4,7,16-17H2,(H3,26,27). The molecule has 0 radical (unpaired) electrons. The number of nitrogens with zero attached hydrogens (tertiary/aromatic N) is 2. The third-order valence-corrected chi connectivity index (χ3v) is 11.3. The lowest BCUT2D eigenvalue weighted by atomic mass is 9.89. The molecule has 6 aromatic carbocycles. The van der Waals surface area contributed by atoms with Crippen molar-refractivity contribution < 1.29 is 19.1 Å². The quantitative estimate of drug-likeness (QED) is 0.0412. The van der Waals surface area contributed by atoms with Crippen molar-refractivity contribution in [3.8, 4) is 11.5 Å². The normalized spacial score (nSPS) is 15.6. The van der Waals surface area contributed by atoms with Crippen LogP contribution in [0.15, 0.2) is 158 Å². The van der Waals surface area contributed by atoms with Crippen molar-refractivity contribution >= 4 is 23.6 Å². The summed E-state index contributed by atoms with van der Waals surface area (Å²) >= 11 is 0. The molecule has 10 nitrogen and oxygen atoms in total. The van der Waals surface area contributed by atoms with E-state index in [0.717, 1.165) is 32.7 Å². The molecule has 2 heterocycles. The number of carbonyl (C=O) groups excluding carboxylic acids is 2. The highest BCUT2D eigenvalue weighted by Gasteiger charge is 2.26. The third-order valence-electron chi connectivity index (χ3n) is 11.3. The number of carbonyl (C=O) groups is 2. The Bertz CT molecular complexity index is 2380. The van der Waals surface area contributed by atoms with Gasteiger partial charge in [0.15, 0.2) is 0 Å². The van der Waals surface area contributed by atoms with E-state index in [-0.39, 0.29) is 11.7 Å². The van der Waals surface area contributed by atoms with Gasteiger partial charge in [0, 0.05) is 30.3 Å². The van der Waals surface area contributed by atoms with Gasteiger partial charge in [0.25, 0.3) is 0 Å². The van der Waals surface area contributed by atoms with Crippen molar-refractivity contribution in [3.05, 3.63) is 202 Å². The average Bonchev–Trinajstić information content (AvgIpc) is 3.76. The Hall–Kier alpha value is -6.88. The molecule has 2 fully saturated rings. The van der Waals surface area contributed by atoms with Gasteiger partial charge in [-0.25, -0.2) is 9.59 Å². The smallest absolute Gasteiger partial charge is 0.343 e. The molecule has 2 aliphatic rings. The lowest BCUT2D eigenvalue weighted by Crippen LogP contribution is -2.32. The van der Waals surface area contributed by atoms with Gasteiger partial charge in [0.05, 0.1) is 11.1 Å². The maximum absolute atomic E-state index is 12.4. The molecule has 1 unspecified atom stereocenters. The molecule has 1 atom stereocenters. The molecule has 2 aliphatic heterocycles. The molecule has 0 amide bonds. The van der Waals surface area contributed by atoms with Crippen LogP contribution in [-0.2, 0) is 13.1 Å². The molecule has 6 N–H and O–H groups in total. The summed E-state index contributed by atoms with van der Waals surface area (Å²) in [5.74, 6) is 0.677. The molecule has 0 aromatic heterocycles. The number of ether oxygens (including phenoxy) is 2. The van der Waals surface area contributed by atoms with Gasteiger partial charge in [-0.15, -0.1) is 0 Å². The van der Waals surface area contributed by atoms with Crippen LogP contribution in [-0.4, -0.2) is 53.0 Å². The lowest BCUT2D eigenvalue weighted by molar-refractivity contribution is 0.0725. The van der Waals surface area contributed by atoms with Crippen molar-refractivity contribution in [1.82, 2.24) is 9.80 Å². The topological polar surface area (TPSA) is 159 Å². The second kappa shape index (κ2) is 20.4. The van der Waals surface area contributed by atoms with Crippen LogP contribution < -0.4 is 20.9 Å². The number of nitrogen functional groups attached to an aromatic ring is 2. The summed E-state index contributed by atoms with van der Waals surface area (Å²) in [5, 5.41) is 14.8. The average molecular weight is 813 g/mol. The second-order valence-corrected chi connectivity index (χ2v) is 15.5. The summed E-state index contributed by atoms with van der Waals surface area (Å²) in [4.78, 5) is 29.8. The van der Waals surface area contributed by atoms with Crippen LogP contribution in [0.1, 0.15) is 91.7 Å². The highest BCUT2D eigenvalue weighted by atomic mass is 16.5. The summed E-state index contributed by atoms with van der Waals surface area (Å²) in [7, 11) is 0. The van der Waals surface area contributed by atoms with Crippen molar-refractivity contribution in [3.63, 3.8) is 0 Å². The Morgan fingerprint density at radius 2 is 0.934 bits per heavy atom. The predicted molar refractivity (Wildman–Crippen MR) is 240 cm³/mol. The summed E-state index contributed by atoms with van der Waals surface area (Å²) in [5.41, 5.74) is 18.3. The number of hydrogen-bond acceptors (Lipinski definition) is 8. The largest absolute Gasteiger partial charge is 0.423 e. The van der Waals surface area contributed by atoms with E-state index >= 15 is 0 Å². The lowest BCUT2D eigenvalue weighted by Gasteiger charge is -2.32. The zero-order chi connectivity index (χ0) is 42.6. The van der Waals surface area contributed by atoms with Gasteiger partial charge in [-0.05, 0) is 146 Å². The van der Waals surface area contributed by atoms with Crippen LogP contribution >= 0.6 is 0 Å². The number of piperidine rings is 1. The highest BCUT2D eigenvalue weighted by molar-refractivity contribution is 5.96. The zero-order valence-corrected chi connectivity index (χ0v) is 34.2. The van der Waals surface area contributed by atoms with E-state index in [0.29, 0.717) is 45.7 Å². The first kappa shape index (κ1) is 42.3. The van der Waals surface area contributed by atoms with Gasteiger partial charge in [-0.3, -0.25) is 20.6 Å². The summed E-state index contributed by atoms with van der Waals surface area (Å²) in [6, 6.07) is 50.3. The fourth-order valence-corrected chi connectivity index (χ4v) is 7.94. The SMILES string of the molecule is N=C(N)c1ccc(OC(=O)c2ccc(CN3CCC(c4ccccc4)CC3)cc2)cc1.N=C(N)c1ccc(OC(=O)c2ccc(CN3CCCC3c3ccccc3)cc2)cc1. The maximum Gasteiger partial charge on any atom is 0.343 e. The molecule has 0 saturated carbocycles. The molecule has 310 valence electrons. The minimum Gasteiger partial charge on any atom is -0.423 e. The Balaban J connectivity index is 0.000000184. The monoisotopic (exact) mass is 812 g/mol. The molecule has 6 aromatic rings. The van der Waals surface area contributed by atoms with Crippen LogP contribution in [0.3, 0.4) is 0 Å². The van der Waals surface area contributed by atoms with Crippen LogP contribution in [0.4, 0.5) is 0 Å². The van der Waals surface area contributed by atoms with E-state index in [1.54, 1.807) is 48.5 Å². The molecular weight excluding hydrogens is 761 g/mol. The van der Waals surface area contributed by atoms with E-state index in [1.807, 2.05) is 48.5 Å². The molecule has 8 rings (SSSR count). The summed E-state index contributed by atoms with van der Waals surface area (Å²) < 4.78 is 10.8. The van der Waals surface area contributed by atoms with Crippen molar-refractivity contribution in [2.24, 2.45) is 11.5 Å². The van der Waals surface area contributed by atoms with E-state index in [1.165, 1.54) is 47.9 Å². The highest BCUT2D eigenvalue weighted by Crippen LogP contribution is 2.33. The summed E-state index contributed by atoms with van der Waals surface area (Å²) in [6.45, 7) is 5.00. The number of hydrogen-bond donors (Lipinski definition) is 4. The number of rotatable bonds is 12. The van der Waals surface area contributed by atoms with E-state index in [2.05, 4.69) is 70.5 Å². The Morgan fingerprint density at radius 3 is 1.39 bits per heavy atom. The minimum absolute atomic E-state index is 0.0160. The molecule has 0 spiro atoms. The van der Waals surface area contributed by atoms with E-state index in [4.69, 9.17) is 31.8 Å². The first-order valence-electron chi connectivity index (χ1n) is 20.8. The van der Waals surface area contributed by atoms with Crippen LogP contribution in [0.2, 0.25) is 0 Å². The van der Waals surface area contributed by atoms with Crippen LogP contribution in [0.5, 0.6) is 11.5 Å². The fourth-order valence-electron chi connectivity index (χ4n) is 7.94. The molecule has 2 saturated heterocycles. The number of nitrogens with two attached hydrogens (primary N) is 2. The molecule has 0 bridgehead atoms.